The summed E-state index contributed by atoms with van der Waals surface area (Å²) < 4.78 is 65.8. The normalized spacial score (nSPS) is 15.6. The average Bonchev–Trinajstić information content (AvgIpc) is 3.22. The number of carboxylic acid groups (broad SMARTS) is 1. The third kappa shape index (κ3) is 6.75. The van der Waals surface area contributed by atoms with E-state index < -0.39 is 43.8 Å². The number of rotatable bonds is 13. The van der Waals surface area contributed by atoms with Gasteiger partial charge in [-0.15, -0.1) is 0 Å². The zero-order valence-electron chi connectivity index (χ0n) is 22.2. The van der Waals surface area contributed by atoms with Crippen LogP contribution in [-0.4, -0.2) is 69.5 Å². The van der Waals surface area contributed by atoms with Crippen LogP contribution in [0.15, 0.2) is 36.4 Å². The van der Waals surface area contributed by atoms with Crippen molar-refractivity contribution in [2.75, 3.05) is 40.9 Å². The molecule has 0 aliphatic carbocycles. The smallest absolute Gasteiger partial charge is 0.338 e. The fourth-order valence-electron chi connectivity index (χ4n) is 4.24. The number of carboxylic acids is 1. The molecule has 0 aromatic heterocycles. The number of nitrogens with one attached hydrogen (secondary N) is 1. The van der Waals surface area contributed by atoms with Crippen LogP contribution in [0.2, 0.25) is 0 Å². The Morgan fingerprint density at radius 1 is 1.07 bits per heavy atom. The molecule has 2 amide bonds. The number of amides is 2. The number of urea groups is 1. The maximum atomic E-state index is 13.6. The predicted molar refractivity (Wildman–Crippen MR) is 146 cm³/mol. The molecule has 1 aliphatic rings. The Bertz CT molecular complexity index is 1520. The summed E-state index contributed by atoms with van der Waals surface area (Å²) in [5, 5.41) is 18.3. The van der Waals surface area contributed by atoms with Gasteiger partial charge in [-0.2, -0.15) is 5.26 Å². The van der Waals surface area contributed by atoms with Gasteiger partial charge in [0.2, 0.25) is 20.0 Å². The standard InChI is InChI=1S/C25H30N4O9S2/c1-4-11-40(35,36)28-15-21(29(25(28)32)18-9-7-17(14-26)8-10-18)19-12-22(37-5-2)23(38-6-3)13-20(19)27-39(33,34)16-24(30)31/h7-10,12-13,21,27H,4-6,11,15-16H2,1-3H3,(H,30,31)/t21-/m0/s1. The van der Waals surface area contributed by atoms with E-state index in [1.165, 1.54) is 41.3 Å². The minimum absolute atomic E-state index is 0.112. The van der Waals surface area contributed by atoms with Gasteiger partial charge in [-0.25, -0.2) is 25.9 Å². The van der Waals surface area contributed by atoms with E-state index in [0.717, 1.165) is 4.31 Å². The van der Waals surface area contributed by atoms with E-state index in [9.17, 15) is 31.7 Å². The summed E-state index contributed by atoms with van der Waals surface area (Å²) in [4.78, 5) is 26.0. The van der Waals surface area contributed by atoms with E-state index in [2.05, 4.69) is 4.72 Å². The predicted octanol–water partition coefficient (Wildman–Crippen LogP) is 2.91. The van der Waals surface area contributed by atoms with Crippen molar-refractivity contribution in [1.29, 1.82) is 5.26 Å². The lowest BCUT2D eigenvalue weighted by Crippen LogP contribution is -2.37. The molecule has 2 aromatic carbocycles. The van der Waals surface area contributed by atoms with E-state index >= 15 is 0 Å². The number of anilines is 2. The number of sulfonamides is 2. The largest absolute Gasteiger partial charge is 0.490 e. The van der Waals surface area contributed by atoms with Crippen molar-refractivity contribution in [3.63, 3.8) is 0 Å². The fraction of sp³-hybridized carbons (Fsp3) is 0.400. The van der Waals surface area contributed by atoms with E-state index in [4.69, 9.17) is 14.6 Å². The highest BCUT2D eigenvalue weighted by Crippen LogP contribution is 2.43. The summed E-state index contributed by atoms with van der Waals surface area (Å²) in [6, 6.07) is 8.68. The van der Waals surface area contributed by atoms with Crippen molar-refractivity contribution in [2.24, 2.45) is 0 Å². The number of hydrogen-bond donors (Lipinski definition) is 2. The quantitative estimate of drug-likeness (QED) is 0.350. The van der Waals surface area contributed by atoms with E-state index in [1.807, 2.05) is 6.07 Å². The van der Waals surface area contributed by atoms with Gasteiger partial charge in [-0.3, -0.25) is 14.4 Å². The Balaban J connectivity index is 2.28. The highest BCUT2D eigenvalue weighted by atomic mass is 32.2. The third-order valence-electron chi connectivity index (χ3n) is 5.80. The first-order valence-corrected chi connectivity index (χ1v) is 15.6. The van der Waals surface area contributed by atoms with Crippen LogP contribution >= 0.6 is 0 Å². The summed E-state index contributed by atoms with van der Waals surface area (Å²) in [5.41, 5.74) is 0.603. The van der Waals surface area contributed by atoms with Gasteiger partial charge in [0, 0.05) is 17.3 Å². The maximum absolute atomic E-state index is 13.6. The minimum Gasteiger partial charge on any atom is -0.490 e. The van der Waals surface area contributed by atoms with Gasteiger partial charge in [0.1, 0.15) is 0 Å². The number of carbonyl (C=O) groups excluding carboxylic acids is 1. The van der Waals surface area contributed by atoms with E-state index in [0.29, 0.717) is 5.56 Å². The number of aliphatic carboxylic acids is 1. The van der Waals surface area contributed by atoms with Gasteiger partial charge in [-0.1, -0.05) is 6.92 Å². The van der Waals surface area contributed by atoms with Gasteiger partial charge in [0.05, 0.1) is 48.9 Å². The van der Waals surface area contributed by atoms with Gasteiger partial charge < -0.3 is 14.6 Å². The van der Waals surface area contributed by atoms with Crippen LogP contribution < -0.4 is 19.1 Å². The lowest BCUT2D eigenvalue weighted by Gasteiger charge is -2.26. The Morgan fingerprint density at radius 3 is 2.20 bits per heavy atom. The maximum Gasteiger partial charge on any atom is 0.338 e. The number of ether oxygens (including phenoxy) is 2. The first kappa shape index (κ1) is 30.5. The van der Waals surface area contributed by atoms with E-state index in [-0.39, 0.29) is 60.4 Å². The first-order chi connectivity index (χ1) is 18.9. The zero-order valence-corrected chi connectivity index (χ0v) is 23.8. The fourth-order valence-corrected chi connectivity index (χ4v) is 6.58. The van der Waals surface area contributed by atoms with Crippen LogP contribution in [0.4, 0.5) is 16.2 Å². The molecule has 1 atom stereocenters. The Kier molecular flexibility index (Phi) is 9.48. The van der Waals surface area contributed by atoms with Gasteiger partial charge in [0.15, 0.2) is 17.3 Å². The molecule has 1 saturated heterocycles. The van der Waals surface area contributed by atoms with Crippen LogP contribution in [0.3, 0.4) is 0 Å². The Hall–Kier alpha value is -4.03. The van der Waals surface area contributed by atoms with Crippen molar-refractivity contribution in [3.8, 4) is 17.6 Å². The van der Waals surface area contributed by atoms with Gasteiger partial charge in [0.25, 0.3) is 0 Å². The number of hydrogen-bond acceptors (Lipinski definition) is 9. The van der Waals surface area contributed by atoms with Gasteiger partial charge in [-0.05, 0) is 50.6 Å². The second-order valence-electron chi connectivity index (χ2n) is 8.68. The molecule has 1 aliphatic heterocycles. The first-order valence-electron chi connectivity index (χ1n) is 12.4. The number of nitrogens with zero attached hydrogens (tertiary/aromatic N) is 3. The van der Waals surface area contributed by atoms with Crippen LogP contribution in [-0.2, 0) is 24.8 Å². The Morgan fingerprint density at radius 2 is 1.68 bits per heavy atom. The number of carbonyl (C=O) groups is 2. The number of nitriles is 1. The summed E-state index contributed by atoms with van der Waals surface area (Å²) in [7, 11) is -8.45. The van der Waals surface area contributed by atoms with Crippen LogP contribution in [0.1, 0.15) is 44.4 Å². The summed E-state index contributed by atoms with van der Waals surface area (Å²) in [6.45, 7) is 5.13. The van der Waals surface area contributed by atoms with Crippen LogP contribution in [0.25, 0.3) is 0 Å². The van der Waals surface area contributed by atoms with Crippen molar-refractivity contribution >= 4 is 43.4 Å². The molecule has 2 N–H and O–H groups in total. The van der Waals surface area contributed by atoms with Crippen molar-refractivity contribution in [1.82, 2.24) is 4.31 Å². The SMILES string of the molecule is CCCS(=O)(=O)N1C[C@@H](c2cc(OCC)c(OCC)cc2NS(=O)(=O)CC(=O)O)N(c2ccc(C#N)cc2)C1=O. The van der Waals surface area contributed by atoms with Gasteiger partial charge >= 0.3 is 12.0 Å². The van der Waals surface area contributed by atoms with Crippen LogP contribution in [0, 0.1) is 11.3 Å². The molecule has 0 unspecified atom stereocenters. The average molecular weight is 595 g/mol. The molecular formula is C25H30N4O9S2. The summed E-state index contributed by atoms with van der Waals surface area (Å²) in [6.07, 6.45) is 0.255. The molecule has 1 fully saturated rings. The van der Waals surface area contributed by atoms with E-state index in [1.54, 1.807) is 20.8 Å². The second-order valence-corrected chi connectivity index (χ2v) is 12.4. The monoisotopic (exact) mass is 594 g/mol. The lowest BCUT2D eigenvalue weighted by atomic mass is 10.0. The van der Waals surface area contributed by atoms with Crippen molar-refractivity contribution < 1.29 is 41.0 Å². The molecule has 0 radical (unpaired) electrons. The highest BCUT2D eigenvalue weighted by Gasteiger charge is 2.45. The second kappa shape index (κ2) is 12.4. The van der Waals surface area contributed by atoms with Crippen LogP contribution in [0.5, 0.6) is 11.5 Å². The Labute approximate surface area is 233 Å². The molecule has 0 saturated carbocycles. The highest BCUT2D eigenvalue weighted by molar-refractivity contribution is 7.93. The third-order valence-corrected chi connectivity index (χ3v) is 8.85. The minimum atomic E-state index is -4.42. The summed E-state index contributed by atoms with van der Waals surface area (Å²) >= 11 is 0. The lowest BCUT2D eigenvalue weighted by molar-refractivity contribution is -0.134. The molecule has 1 heterocycles. The zero-order chi connectivity index (χ0) is 29.7. The molecular weight excluding hydrogens is 564 g/mol. The molecule has 15 heteroatoms. The molecule has 216 valence electrons. The molecule has 13 nitrogen and oxygen atoms in total. The molecule has 3 rings (SSSR count). The molecule has 0 bridgehead atoms. The number of benzene rings is 2. The van der Waals surface area contributed by atoms with Crippen molar-refractivity contribution in [3.05, 3.63) is 47.5 Å². The molecule has 40 heavy (non-hydrogen) atoms. The summed E-state index contributed by atoms with van der Waals surface area (Å²) in [5.74, 6) is -2.74. The molecule has 0 spiro atoms. The topological polar surface area (TPSA) is 183 Å². The molecule has 2 aromatic rings. The van der Waals surface area contributed by atoms with Crippen molar-refractivity contribution in [2.45, 2.75) is 33.2 Å².